The van der Waals surface area contributed by atoms with Gasteiger partial charge in [-0.25, -0.2) is 0 Å². The minimum absolute atomic E-state index is 0.000194. The number of amides is 5. The predicted molar refractivity (Wildman–Crippen MR) is 204 cm³/mol. The van der Waals surface area contributed by atoms with Crippen LogP contribution in [-0.4, -0.2) is 102 Å². The summed E-state index contributed by atoms with van der Waals surface area (Å²) in [5.41, 5.74) is 1.97. The van der Waals surface area contributed by atoms with Crippen LogP contribution in [0.5, 0.6) is 0 Å². The molecule has 2 aromatic rings. The number of likely N-dealkylation sites (N-methyl/N-ethyl adjacent to an activating group) is 3. The maximum absolute atomic E-state index is 14.1. The lowest BCUT2D eigenvalue weighted by Gasteiger charge is -2.37. The smallest absolute Gasteiger partial charge is 0.245 e. The quantitative estimate of drug-likeness (QED) is 0.156. The van der Waals surface area contributed by atoms with Gasteiger partial charge in [0.1, 0.15) is 24.2 Å². The SMILES string of the molecule is CN[C@H](C(=O)N[C@H](C(=O)N(C)[C@H](C(=O)N[C@H](C(=O)N(C)[C@H](C(=O)NCCc1c[nH]c2ccc(Cl)cc12)C(C)C)C(C)C)C(C)C)C(C)C)C(C)C. The summed E-state index contributed by atoms with van der Waals surface area (Å²) >= 11 is 6.20. The lowest BCUT2D eigenvalue weighted by molar-refractivity contribution is -0.147. The van der Waals surface area contributed by atoms with E-state index in [0.717, 1.165) is 16.5 Å². The molecule has 51 heavy (non-hydrogen) atoms. The minimum atomic E-state index is -0.958. The predicted octanol–water partition coefficient (Wildman–Crippen LogP) is 3.97. The van der Waals surface area contributed by atoms with Crippen molar-refractivity contribution in [2.24, 2.45) is 29.6 Å². The van der Waals surface area contributed by atoms with Gasteiger partial charge in [0.25, 0.3) is 0 Å². The molecule has 0 aliphatic rings. The zero-order valence-corrected chi connectivity index (χ0v) is 33.6. The first-order valence-electron chi connectivity index (χ1n) is 18.1. The largest absolute Gasteiger partial charge is 0.361 e. The van der Waals surface area contributed by atoms with E-state index in [1.807, 2.05) is 93.6 Å². The van der Waals surface area contributed by atoms with Crippen LogP contribution < -0.4 is 21.3 Å². The van der Waals surface area contributed by atoms with Crippen LogP contribution in [0.4, 0.5) is 0 Å². The van der Waals surface area contributed by atoms with E-state index in [2.05, 4.69) is 26.3 Å². The van der Waals surface area contributed by atoms with Crippen molar-refractivity contribution in [2.45, 2.75) is 106 Å². The number of carbonyl (C=O) groups is 5. The Morgan fingerprint density at radius 1 is 0.686 bits per heavy atom. The van der Waals surface area contributed by atoms with E-state index in [9.17, 15) is 24.0 Å². The molecule has 0 saturated heterocycles. The maximum Gasteiger partial charge on any atom is 0.245 e. The number of aromatic amines is 1. The van der Waals surface area contributed by atoms with Crippen molar-refractivity contribution >= 4 is 52.0 Å². The summed E-state index contributed by atoms with van der Waals surface area (Å²) in [6.07, 6.45) is 2.47. The summed E-state index contributed by atoms with van der Waals surface area (Å²) in [5.74, 6) is -2.99. The number of rotatable bonds is 18. The molecule has 5 N–H and O–H groups in total. The lowest BCUT2D eigenvalue weighted by atomic mass is 9.95. The Balaban J connectivity index is 2.21. The summed E-state index contributed by atoms with van der Waals surface area (Å²) in [6.45, 7) is 18.9. The van der Waals surface area contributed by atoms with E-state index < -0.39 is 47.9 Å². The number of benzene rings is 1. The van der Waals surface area contributed by atoms with Crippen LogP contribution in [-0.2, 0) is 30.4 Å². The van der Waals surface area contributed by atoms with Crippen molar-refractivity contribution in [1.29, 1.82) is 0 Å². The molecule has 5 atom stereocenters. The van der Waals surface area contributed by atoms with Gasteiger partial charge in [-0.2, -0.15) is 0 Å². The van der Waals surface area contributed by atoms with Gasteiger partial charge in [-0.1, -0.05) is 80.8 Å². The third-order valence-electron chi connectivity index (χ3n) is 9.47. The fraction of sp³-hybridized carbons (Fsp3) is 0.658. The van der Waals surface area contributed by atoms with Gasteiger partial charge in [-0.3, -0.25) is 24.0 Å². The molecule has 286 valence electrons. The zero-order valence-electron chi connectivity index (χ0n) is 32.8. The summed E-state index contributed by atoms with van der Waals surface area (Å²) in [6, 6.07) is 1.59. The van der Waals surface area contributed by atoms with Crippen LogP contribution in [0.15, 0.2) is 24.4 Å². The first-order valence-corrected chi connectivity index (χ1v) is 18.5. The van der Waals surface area contributed by atoms with E-state index in [1.165, 1.54) is 9.80 Å². The van der Waals surface area contributed by atoms with Crippen molar-refractivity contribution in [3.63, 3.8) is 0 Å². The number of fused-ring (bicyclic) bond motifs is 1. The van der Waals surface area contributed by atoms with Gasteiger partial charge in [0.15, 0.2) is 0 Å². The Kier molecular flexibility index (Phi) is 16.4. The molecule has 5 amide bonds. The lowest BCUT2D eigenvalue weighted by Crippen LogP contribution is -2.62. The fourth-order valence-electron chi connectivity index (χ4n) is 6.62. The van der Waals surface area contributed by atoms with Gasteiger partial charge in [-0.05, 0) is 66.8 Å². The Hall–Kier alpha value is -3.64. The maximum atomic E-state index is 14.1. The molecule has 0 bridgehead atoms. The van der Waals surface area contributed by atoms with E-state index in [4.69, 9.17) is 11.6 Å². The highest BCUT2D eigenvalue weighted by molar-refractivity contribution is 6.31. The fourth-order valence-corrected chi connectivity index (χ4v) is 6.80. The van der Waals surface area contributed by atoms with Gasteiger partial charge in [-0.15, -0.1) is 0 Å². The molecule has 12 nitrogen and oxygen atoms in total. The normalized spacial score (nSPS) is 14.8. The molecule has 0 spiro atoms. The van der Waals surface area contributed by atoms with Crippen LogP contribution >= 0.6 is 11.6 Å². The van der Waals surface area contributed by atoms with Gasteiger partial charge >= 0.3 is 0 Å². The molecule has 0 radical (unpaired) electrons. The first-order chi connectivity index (χ1) is 23.7. The second-order valence-corrected chi connectivity index (χ2v) is 15.7. The Labute approximate surface area is 309 Å². The highest BCUT2D eigenvalue weighted by Crippen LogP contribution is 2.23. The molecule has 13 heteroatoms. The number of hydrogen-bond donors (Lipinski definition) is 5. The van der Waals surface area contributed by atoms with E-state index in [0.29, 0.717) is 18.0 Å². The second-order valence-electron chi connectivity index (χ2n) is 15.3. The van der Waals surface area contributed by atoms with Crippen molar-refractivity contribution in [2.75, 3.05) is 27.7 Å². The average Bonchev–Trinajstić information content (AvgIpc) is 3.42. The molecule has 0 unspecified atom stereocenters. The Morgan fingerprint density at radius 2 is 1.16 bits per heavy atom. The molecule has 0 fully saturated rings. The highest BCUT2D eigenvalue weighted by atomic mass is 35.5. The standard InChI is InChI=1S/C38H62ClN7O5/c1-20(2)29(40-11)34(47)43-30(21(3)4)37(50)46(13)33(24(9)10)36(49)44-31(22(5)6)38(51)45(12)32(23(7)8)35(48)41-17-16-25-19-42-28-15-14-26(39)18-27(25)28/h14-15,18-24,29-33,40,42H,16-17H2,1-13H3,(H,41,48)(H,43,47)(H,44,49)/t29-,30-,31-,32-,33-/m0/s1. The number of H-pyrrole nitrogens is 1. The molecule has 0 aliphatic heterocycles. The van der Waals surface area contributed by atoms with Crippen LogP contribution in [0.25, 0.3) is 10.9 Å². The number of nitrogens with one attached hydrogen (secondary N) is 5. The Bertz CT molecular complexity index is 1500. The summed E-state index contributed by atoms with van der Waals surface area (Å²) in [7, 11) is 4.83. The monoisotopic (exact) mass is 731 g/mol. The summed E-state index contributed by atoms with van der Waals surface area (Å²) in [4.78, 5) is 74.5. The first kappa shape index (κ1) is 43.5. The summed E-state index contributed by atoms with van der Waals surface area (Å²) in [5, 5.41) is 13.4. The van der Waals surface area contributed by atoms with Gasteiger partial charge < -0.3 is 36.1 Å². The van der Waals surface area contributed by atoms with Crippen molar-refractivity contribution in [3.8, 4) is 0 Å². The van der Waals surface area contributed by atoms with Crippen LogP contribution in [0, 0.1) is 29.6 Å². The topological polar surface area (TPSA) is 156 Å². The number of aromatic nitrogens is 1. The van der Waals surface area contributed by atoms with E-state index in [-0.39, 0.29) is 41.4 Å². The molecule has 0 saturated carbocycles. The van der Waals surface area contributed by atoms with E-state index >= 15 is 0 Å². The molecule has 2 rings (SSSR count). The minimum Gasteiger partial charge on any atom is -0.361 e. The van der Waals surface area contributed by atoms with Crippen LogP contribution in [0.1, 0.15) is 74.8 Å². The molecular formula is C38H62ClN7O5. The number of hydrogen-bond acceptors (Lipinski definition) is 6. The number of halogens is 1. The van der Waals surface area contributed by atoms with Crippen LogP contribution in [0.2, 0.25) is 5.02 Å². The van der Waals surface area contributed by atoms with E-state index in [1.54, 1.807) is 21.1 Å². The van der Waals surface area contributed by atoms with Crippen LogP contribution in [0.3, 0.4) is 0 Å². The Morgan fingerprint density at radius 3 is 1.61 bits per heavy atom. The van der Waals surface area contributed by atoms with Crippen molar-refractivity contribution in [1.82, 2.24) is 36.1 Å². The molecular weight excluding hydrogens is 670 g/mol. The average molecular weight is 732 g/mol. The molecule has 1 heterocycles. The highest BCUT2D eigenvalue weighted by Gasteiger charge is 2.40. The molecule has 1 aromatic heterocycles. The van der Waals surface area contributed by atoms with Crippen molar-refractivity contribution in [3.05, 3.63) is 35.0 Å². The number of nitrogens with zero attached hydrogens (tertiary/aromatic N) is 2. The molecule has 1 aromatic carbocycles. The molecule has 0 aliphatic carbocycles. The number of carbonyl (C=O) groups excluding carboxylic acids is 5. The van der Waals surface area contributed by atoms with Gasteiger partial charge in [0.2, 0.25) is 29.5 Å². The van der Waals surface area contributed by atoms with Crippen molar-refractivity contribution < 1.29 is 24.0 Å². The third kappa shape index (κ3) is 11.2. The summed E-state index contributed by atoms with van der Waals surface area (Å²) < 4.78 is 0. The van der Waals surface area contributed by atoms with Gasteiger partial charge in [0.05, 0.1) is 6.04 Å². The third-order valence-corrected chi connectivity index (χ3v) is 9.71. The van der Waals surface area contributed by atoms with Gasteiger partial charge in [0, 0.05) is 42.8 Å². The second kappa shape index (κ2) is 19.3. The zero-order chi connectivity index (χ0) is 38.9.